The van der Waals surface area contributed by atoms with Gasteiger partial charge in [-0.3, -0.25) is 19.3 Å². The molecule has 0 atom stereocenters. The van der Waals surface area contributed by atoms with Crippen LogP contribution in [0.1, 0.15) is 34.6 Å². The second-order valence-corrected chi connectivity index (χ2v) is 6.51. The van der Waals surface area contributed by atoms with Gasteiger partial charge in [-0.15, -0.1) is 0 Å². The SMILES string of the molecule is CC(C)Oc1ccc(NC(=O)CN2C(=O)c3cccc(Cl)c3C2=O)cc1. The van der Waals surface area contributed by atoms with Gasteiger partial charge in [0.15, 0.2) is 0 Å². The van der Waals surface area contributed by atoms with Crippen molar-refractivity contribution in [3.8, 4) is 5.75 Å². The van der Waals surface area contributed by atoms with Gasteiger partial charge in [0, 0.05) is 5.69 Å². The number of anilines is 1. The van der Waals surface area contributed by atoms with Crippen LogP contribution < -0.4 is 10.1 Å². The number of amides is 3. The van der Waals surface area contributed by atoms with E-state index in [9.17, 15) is 14.4 Å². The van der Waals surface area contributed by atoms with Gasteiger partial charge < -0.3 is 10.1 Å². The highest BCUT2D eigenvalue weighted by Crippen LogP contribution is 2.29. The van der Waals surface area contributed by atoms with E-state index >= 15 is 0 Å². The molecule has 0 radical (unpaired) electrons. The van der Waals surface area contributed by atoms with E-state index in [1.54, 1.807) is 30.3 Å². The Bertz CT molecular complexity index is 878. The Kier molecular flexibility index (Phi) is 4.95. The summed E-state index contributed by atoms with van der Waals surface area (Å²) in [6.07, 6.45) is 0.0519. The third-order valence-corrected chi connectivity index (χ3v) is 4.07. The molecular formula is C19H17ClN2O4. The minimum Gasteiger partial charge on any atom is -0.491 e. The summed E-state index contributed by atoms with van der Waals surface area (Å²) in [4.78, 5) is 37.9. The molecule has 1 heterocycles. The highest BCUT2D eigenvalue weighted by molar-refractivity contribution is 6.37. The number of halogens is 1. The summed E-state index contributed by atoms with van der Waals surface area (Å²) in [5, 5.41) is 2.86. The van der Waals surface area contributed by atoms with Gasteiger partial charge in [-0.05, 0) is 50.2 Å². The topological polar surface area (TPSA) is 75.7 Å². The number of hydrogen-bond acceptors (Lipinski definition) is 4. The quantitative estimate of drug-likeness (QED) is 0.816. The Morgan fingerprint density at radius 3 is 2.42 bits per heavy atom. The van der Waals surface area contributed by atoms with Crippen molar-refractivity contribution >= 4 is 35.0 Å². The van der Waals surface area contributed by atoms with Gasteiger partial charge >= 0.3 is 0 Å². The molecule has 0 saturated carbocycles. The molecule has 1 aliphatic heterocycles. The summed E-state index contributed by atoms with van der Waals surface area (Å²) in [7, 11) is 0. The molecule has 134 valence electrons. The minimum atomic E-state index is -0.563. The Morgan fingerprint density at radius 2 is 1.81 bits per heavy atom. The minimum absolute atomic E-state index is 0.0519. The van der Waals surface area contributed by atoms with Crippen LogP contribution in [0.2, 0.25) is 5.02 Å². The molecule has 2 aromatic rings. The molecular weight excluding hydrogens is 356 g/mol. The second kappa shape index (κ2) is 7.17. The first-order valence-electron chi connectivity index (χ1n) is 8.08. The second-order valence-electron chi connectivity index (χ2n) is 6.10. The van der Waals surface area contributed by atoms with E-state index in [0.717, 1.165) is 4.90 Å². The largest absolute Gasteiger partial charge is 0.491 e. The lowest BCUT2D eigenvalue weighted by atomic mass is 10.1. The van der Waals surface area contributed by atoms with Gasteiger partial charge in [0.25, 0.3) is 11.8 Å². The normalized spacial score (nSPS) is 13.2. The summed E-state index contributed by atoms with van der Waals surface area (Å²) in [6, 6.07) is 11.5. The monoisotopic (exact) mass is 372 g/mol. The van der Waals surface area contributed by atoms with Crippen LogP contribution in [0.5, 0.6) is 5.75 Å². The average Bonchev–Trinajstić information content (AvgIpc) is 2.82. The standard InChI is InChI=1S/C19H17ClN2O4/c1-11(2)26-13-8-6-12(7-9-13)21-16(23)10-22-18(24)14-4-3-5-15(20)17(14)19(22)25/h3-9,11H,10H2,1-2H3,(H,21,23). The molecule has 0 saturated heterocycles. The fourth-order valence-corrected chi connectivity index (χ4v) is 2.92. The smallest absolute Gasteiger partial charge is 0.263 e. The number of imide groups is 1. The molecule has 6 nitrogen and oxygen atoms in total. The van der Waals surface area contributed by atoms with Crippen LogP contribution in [-0.4, -0.2) is 35.3 Å². The lowest BCUT2D eigenvalue weighted by Crippen LogP contribution is -2.37. The summed E-state index contributed by atoms with van der Waals surface area (Å²) in [5.74, 6) is -0.879. The Labute approximate surface area is 155 Å². The van der Waals surface area contributed by atoms with Crippen molar-refractivity contribution in [3.63, 3.8) is 0 Å². The van der Waals surface area contributed by atoms with Gasteiger partial charge in [0.2, 0.25) is 5.91 Å². The van der Waals surface area contributed by atoms with Crippen LogP contribution in [-0.2, 0) is 4.79 Å². The van der Waals surface area contributed by atoms with Crippen molar-refractivity contribution in [3.05, 3.63) is 58.6 Å². The molecule has 1 N–H and O–H groups in total. The zero-order valence-corrected chi connectivity index (χ0v) is 15.0. The van der Waals surface area contributed by atoms with Gasteiger partial charge in [-0.25, -0.2) is 0 Å². The lowest BCUT2D eigenvalue weighted by molar-refractivity contribution is -0.116. The molecule has 0 bridgehead atoms. The number of benzene rings is 2. The lowest BCUT2D eigenvalue weighted by Gasteiger charge is -2.14. The molecule has 0 aromatic heterocycles. The molecule has 3 rings (SSSR count). The first-order valence-corrected chi connectivity index (χ1v) is 8.46. The molecule has 0 spiro atoms. The summed E-state index contributed by atoms with van der Waals surface area (Å²) in [5.41, 5.74) is 0.897. The number of hydrogen-bond donors (Lipinski definition) is 1. The van der Waals surface area contributed by atoms with Crippen molar-refractivity contribution in [1.29, 1.82) is 0 Å². The highest BCUT2D eigenvalue weighted by atomic mass is 35.5. The van der Waals surface area contributed by atoms with E-state index in [1.807, 2.05) is 13.8 Å². The zero-order valence-electron chi connectivity index (χ0n) is 14.3. The maximum Gasteiger partial charge on any atom is 0.263 e. The van der Waals surface area contributed by atoms with Crippen molar-refractivity contribution in [1.82, 2.24) is 4.90 Å². The van der Waals surface area contributed by atoms with Crippen LogP contribution in [0.3, 0.4) is 0 Å². The first kappa shape index (κ1) is 17.9. The molecule has 0 aliphatic carbocycles. The van der Waals surface area contributed by atoms with Crippen molar-refractivity contribution in [2.24, 2.45) is 0 Å². The Morgan fingerprint density at radius 1 is 1.12 bits per heavy atom. The van der Waals surface area contributed by atoms with Crippen LogP contribution in [0, 0.1) is 0 Å². The van der Waals surface area contributed by atoms with Crippen molar-refractivity contribution in [2.45, 2.75) is 20.0 Å². The van der Waals surface area contributed by atoms with Gasteiger partial charge in [-0.1, -0.05) is 17.7 Å². The van der Waals surface area contributed by atoms with Gasteiger partial charge in [0.1, 0.15) is 12.3 Å². The fraction of sp³-hybridized carbons (Fsp3) is 0.211. The third-order valence-electron chi connectivity index (χ3n) is 3.76. The van der Waals surface area contributed by atoms with Crippen LogP contribution in [0.25, 0.3) is 0 Å². The maximum absolute atomic E-state index is 12.4. The number of nitrogens with zero attached hydrogens (tertiary/aromatic N) is 1. The number of nitrogens with one attached hydrogen (secondary N) is 1. The predicted octanol–water partition coefficient (Wildman–Crippen LogP) is 3.36. The molecule has 2 aromatic carbocycles. The predicted molar refractivity (Wildman–Crippen MR) is 97.7 cm³/mol. The number of fused-ring (bicyclic) bond motifs is 1. The maximum atomic E-state index is 12.4. The number of ether oxygens (including phenoxy) is 1. The number of carbonyl (C=O) groups is 3. The first-order chi connectivity index (χ1) is 12.4. The van der Waals surface area contributed by atoms with Crippen molar-refractivity contribution in [2.75, 3.05) is 11.9 Å². The molecule has 3 amide bonds. The molecule has 0 unspecified atom stereocenters. The van der Waals surface area contributed by atoms with Crippen molar-refractivity contribution < 1.29 is 19.1 Å². The molecule has 0 fully saturated rings. The number of carbonyl (C=O) groups excluding carboxylic acids is 3. The van der Waals surface area contributed by atoms with Crippen LogP contribution in [0.4, 0.5) is 5.69 Å². The molecule has 7 heteroatoms. The summed E-state index contributed by atoms with van der Waals surface area (Å²) in [6.45, 7) is 3.46. The van der Waals surface area contributed by atoms with E-state index in [2.05, 4.69) is 5.32 Å². The highest BCUT2D eigenvalue weighted by Gasteiger charge is 2.38. The van der Waals surface area contributed by atoms with Crippen LogP contribution >= 0.6 is 11.6 Å². The summed E-state index contributed by atoms with van der Waals surface area (Å²) < 4.78 is 5.53. The summed E-state index contributed by atoms with van der Waals surface area (Å²) >= 11 is 6.00. The Hall–Kier alpha value is -2.86. The van der Waals surface area contributed by atoms with E-state index < -0.39 is 17.7 Å². The molecule has 1 aliphatic rings. The van der Waals surface area contributed by atoms with E-state index in [1.165, 1.54) is 12.1 Å². The van der Waals surface area contributed by atoms with E-state index in [-0.39, 0.29) is 28.8 Å². The van der Waals surface area contributed by atoms with Gasteiger partial charge in [-0.2, -0.15) is 0 Å². The molecule has 26 heavy (non-hydrogen) atoms. The zero-order chi connectivity index (χ0) is 18.8. The van der Waals surface area contributed by atoms with E-state index in [0.29, 0.717) is 11.4 Å². The fourth-order valence-electron chi connectivity index (χ4n) is 2.67. The van der Waals surface area contributed by atoms with Crippen LogP contribution in [0.15, 0.2) is 42.5 Å². The Balaban J connectivity index is 1.67. The van der Waals surface area contributed by atoms with E-state index in [4.69, 9.17) is 16.3 Å². The third kappa shape index (κ3) is 3.55. The average molecular weight is 373 g/mol. The van der Waals surface area contributed by atoms with Gasteiger partial charge in [0.05, 0.1) is 22.3 Å². The number of rotatable bonds is 5.